The molecule has 120 valence electrons. The molecule has 3 heterocycles. The molecule has 24 heavy (non-hydrogen) atoms. The molecule has 0 unspecified atom stereocenters. The third-order valence-corrected chi connectivity index (χ3v) is 4.65. The van der Waals surface area contributed by atoms with Crippen LogP contribution in [0.25, 0.3) is 11.4 Å². The van der Waals surface area contributed by atoms with Gasteiger partial charge in [-0.15, -0.1) is 0 Å². The van der Waals surface area contributed by atoms with E-state index in [1.807, 2.05) is 36.5 Å². The fraction of sp³-hybridized carbons (Fsp3) is 0.211. The number of aromatic nitrogens is 3. The van der Waals surface area contributed by atoms with Crippen LogP contribution in [0, 0.1) is 0 Å². The Morgan fingerprint density at radius 2 is 2.00 bits per heavy atom. The van der Waals surface area contributed by atoms with Crippen LogP contribution >= 0.6 is 11.6 Å². The summed E-state index contributed by atoms with van der Waals surface area (Å²) in [6.45, 7) is 2.68. The Bertz CT molecular complexity index is 851. The van der Waals surface area contributed by atoms with Gasteiger partial charge in [0.25, 0.3) is 0 Å². The Morgan fingerprint density at radius 1 is 1.08 bits per heavy atom. The van der Waals surface area contributed by atoms with E-state index in [1.165, 1.54) is 5.56 Å². The van der Waals surface area contributed by atoms with Crippen LogP contribution in [-0.2, 0) is 19.5 Å². The SMILES string of the molecule is Clc1ccccc1CN1CCc2nc(-c3cccnc3)ncc2C1. The smallest absolute Gasteiger partial charge is 0.160 e. The number of pyridine rings is 1. The summed E-state index contributed by atoms with van der Waals surface area (Å²) in [5, 5.41) is 0.825. The normalized spacial score (nSPS) is 14.4. The van der Waals surface area contributed by atoms with Crippen LogP contribution in [0.4, 0.5) is 0 Å². The zero-order chi connectivity index (χ0) is 16.4. The molecule has 0 bridgehead atoms. The lowest BCUT2D eigenvalue weighted by Crippen LogP contribution is -2.31. The monoisotopic (exact) mass is 336 g/mol. The fourth-order valence-electron chi connectivity index (χ4n) is 3.01. The maximum atomic E-state index is 6.28. The number of rotatable bonds is 3. The van der Waals surface area contributed by atoms with Crippen molar-refractivity contribution in [2.75, 3.05) is 6.54 Å². The minimum atomic E-state index is 0.751. The summed E-state index contributed by atoms with van der Waals surface area (Å²) in [7, 11) is 0. The van der Waals surface area contributed by atoms with Crippen molar-refractivity contribution in [1.82, 2.24) is 19.9 Å². The first kappa shape index (κ1) is 15.2. The van der Waals surface area contributed by atoms with E-state index in [9.17, 15) is 0 Å². The van der Waals surface area contributed by atoms with E-state index in [1.54, 1.807) is 12.4 Å². The Hall–Kier alpha value is -2.30. The molecule has 0 aliphatic carbocycles. The van der Waals surface area contributed by atoms with Crippen LogP contribution in [0.3, 0.4) is 0 Å². The predicted molar refractivity (Wildman–Crippen MR) is 94.5 cm³/mol. The van der Waals surface area contributed by atoms with E-state index >= 15 is 0 Å². The molecule has 1 aliphatic heterocycles. The van der Waals surface area contributed by atoms with Crippen molar-refractivity contribution in [1.29, 1.82) is 0 Å². The molecule has 0 radical (unpaired) electrons. The van der Waals surface area contributed by atoms with Gasteiger partial charge in [0.2, 0.25) is 0 Å². The predicted octanol–water partition coefficient (Wildman–Crippen LogP) is 3.75. The lowest BCUT2D eigenvalue weighted by atomic mass is 10.1. The Labute approximate surface area is 146 Å². The maximum Gasteiger partial charge on any atom is 0.160 e. The molecule has 0 atom stereocenters. The van der Waals surface area contributed by atoms with Crippen LogP contribution in [0.15, 0.2) is 55.0 Å². The maximum absolute atomic E-state index is 6.28. The molecular weight excluding hydrogens is 320 g/mol. The Kier molecular flexibility index (Phi) is 4.24. The highest BCUT2D eigenvalue weighted by Crippen LogP contribution is 2.23. The second-order valence-electron chi connectivity index (χ2n) is 5.96. The van der Waals surface area contributed by atoms with Gasteiger partial charge in [-0.05, 0) is 23.8 Å². The van der Waals surface area contributed by atoms with Gasteiger partial charge in [-0.3, -0.25) is 9.88 Å². The molecule has 0 N–H and O–H groups in total. The van der Waals surface area contributed by atoms with Crippen molar-refractivity contribution < 1.29 is 0 Å². The first-order valence-electron chi connectivity index (χ1n) is 8.00. The van der Waals surface area contributed by atoms with Crippen molar-refractivity contribution in [3.63, 3.8) is 0 Å². The molecule has 0 saturated carbocycles. The Morgan fingerprint density at radius 3 is 2.83 bits per heavy atom. The molecule has 0 saturated heterocycles. The lowest BCUT2D eigenvalue weighted by molar-refractivity contribution is 0.243. The fourth-order valence-corrected chi connectivity index (χ4v) is 3.21. The molecule has 0 fully saturated rings. The Balaban J connectivity index is 1.53. The van der Waals surface area contributed by atoms with Gasteiger partial charge in [0.1, 0.15) is 0 Å². The van der Waals surface area contributed by atoms with E-state index in [0.29, 0.717) is 0 Å². The first-order chi connectivity index (χ1) is 11.8. The molecule has 2 aromatic heterocycles. The first-order valence-corrected chi connectivity index (χ1v) is 8.38. The van der Waals surface area contributed by atoms with Gasteiger partial charge in [0, 0.05) is 60.8 Å². The van der Waals surface area contributed by atoms with Crippen molar-refractivity contribution in [2.45, 2.75) is 19.5 Å². The zero-order valence-electron chi connectivity index (χ0n) is 13.2. The van der Waals surface area contributed by atoms with Crippen LogP contribution in [0.1, 0.15) is 16.8 Å². The zero-order valence-corrected chi connectivity index (χ0v) is 13.9. The van der Waals surface area contributed by atoms with Gasteiger partial charge in [-0.2, -0.15) is 0 Å². The largest absolute Gasteiger partial charge is 0.294 e. The van der Waals surface area contributed by atoms with Crippen molar-refractivity contribution in [2.24, 2.45) is 0 Å². The highest BCUT2D eigenvalue weighted by atomic mass is 35.5. The van der Waals surface area contributed by atoms with Crippen molar-refractivity contribution >= 4 is 11.6 Å². The standard InChI is InChI=1S/C19H17ClN4/c20-17-6-2-1-4-15(17)12-24-9-7-18-16(13-24)11-22-19(23-18)14-5-3-8-21-10-14/h1-6,8,10-11H,7,9,12-13H2. The lowest BCUT2D eigenvalue weighted by Gasteiger charge is -2.28. The molecule has 0 spiro atoms. The van der Waals surface area contributed by atoms with E-state index in [-0.39, 0.29) is 0 Å². The second kappa shape index (κ2) is 6.67. The van der Waals surface area contributed by atoms with Crippen LogP contribution in [0.5, 0.6) is 0 Å². The van der Waals surface area contributed by atoms with E-state index in [2.05, 4.69) is 20.9 Å². The minimum absolute atomic E-state index is 0.751. The van der Waals surface area contributed by atoms with Gasteiger partial charge >= 0.3 is 0 Å². The summed E-state index contributed by atoms with van der Waals surface area (Å²) in [4.78, 5) is 15.8. The molecule has 1 aliphatic rings. The number of halogens is 1. The summed E-state index contributed by atoms with van der Waals surface area (Å²) in [6.07, 6.45) is 6.43. The molecule has 3 aromatic rings. The quantitative estimate of drug-likeness (QED) is 0.730. The van der Waals surface area contributed by atoms with Crippen LogP contribution in [0.2, 0.25) is 5.02 Å². The summed E-state index contributed by atoms with van der Waals surface area (Å²) < 4.78 is 0. The highest BCUT2D eigenvalue weighted by Gasteiger charge is 2.19. The average Bonchev–Trinajstić information content (AvgIpc) is 2.64. The molecule has 1 aromatic carbocycles. The summed E-state index contributed by atoms with van der Waals surface area (Å²) in [6, 6.07) is 11.9. The third kappa shape index (κ3) is 3.16. The van der Waals surface area contributed by atoms with Gasteiger partial charge in [0.05, 0.1) is 5.69 Å². The second-order valence-corrected chi connectivity index (χ2v) is 6.37. The molecule has 4 rings (SSSR count). The van der Waals surface area contributed by atoms with E-state index in [0.717, 1.165) is 53.7 Å². The minimum Gasteiger partial charge on any atom is -0.294 e. The van der Waals surface area contributed by atoms with Crippen LogP contribution in [-0.4, -0.2) is 26.4 Å². The number of hydrogen-bond acceptors (Lipinski definition) is 4. The van der Waals surface area contributed by atoms with Crippen LogP contribution < -0.4 is 0 Å². The van der Waals surface area contributed by atoms with Crippen molar-refractivity contribution in [3.05, 3.63) is 76.8 Å². The third-order valence-electron chi connectivity index (χ3n) is 4.28. The van der Waals surface area contributed by atoms with Gasteiger partial charge in [-0.1, -0.05) is 29.8 Å². The number of fused-ring (bicyclic) bond motifs is 1. The van der Waals surface area contributed by atoms with Gasteiger partial charge < -0.3 is 0 Å². The van der Waals surface area contributed by atoms with Gasteiger partial charge in [0.15, 0.2) is 5.82 Å². The molecule has 5 heteroatoms. The van der Waals surface area contributed by atoms with E-state index in [4.69, 9.17) is 16.6 Å². The number of nitrogens with zero attached hydrogens (tertiary/aromatic N) is 4. The van der Waals surface area contributed by atoms with Crippen molar-refractivity contribution in [3.8, 4) is 11.4 Å². The summed E-state index contributed by atoms with van der Waals surface area (Å²) >= 11 is 6.28. The number of benzene rings is 1. The van der Waals surface area contributed by atoms with Gasteiger partial charge in [-0.25, -0.2) is 9.97 Å². The topological polar surface area (TPSA) is 41.9 Å². The molecular formula is C19H17ClN4. The highest BCUT2D eigenvalue weighted by molar-refractivity contribution is 6.31. The summed E-state index contributed by atoms with van der Waals surface area (Å²) in [5.74, 6) is 0.751. The molecule has 4 nitrogen and oxygen atoms in total. The molecule has 0 amide bonds. The number of hydrogen-bond donors (Lipinski definition) is 0. The average molecular weight is 337 g/mol. The summed E-state index contributed by atoms with van der Waals surface area (Å²) in [5.41, 5.74) is 4.45. The van der Waals surface area contributed by atoms with E-state index < -0.39 is 0 Å².